The molecular weight excluding hydrogens is 775 g/mol. The number of aryl methyl sites for hydroxylation is 1. The van der Waals surface area contributed by atoms with Crippen LogP contribution < -0.4 is 0 Å². The van der Waals surface area contributed by atoms with Crippen molar-refractivity contribution in [2.45, 2.75) is 104 Å². The Morgan fingerprint density at radius 1 is 0.982 bits per heavy atom. The second-order valence-electron chi connectivity index (χ2n) is 13.0. The summed E-state index contributed by atoms with van der Waals surface area (Å²) in [6.07, 6.45) is 0.566. The molecule has 0 aliphatic carbocycles. The third kappa shape index (κ3) is 19.0. The first-order chi connectivity index (χ1) is 27.3. The van der Waals surface area contributed by atoms with Crippen molar-refractivity contribution in [3.8, 4) is 0 Å². The lowest BCUT2D eigenvalue weighted by Gasteiger charge is -2.37. The van der Waals surface area contributed by atoms with Gasteiger partial charge in [-0.15, -0.1) is 11.3 Å². The van der Waals surface area contributed by atoms with Crippen molar-refractivity contribution < 1.29 is 28.5 Å². The monoisotopic (exact) mass is 820 g/mol. The highest BCUT2D eigenvalue weighted by Gasteiger charge is 2.44. The number of esters is 1. The van der Waals surface area contributed by atoms with Gasteiger partial charge in [-0.1, -0.05) is 50.7 Å². The molecule has 0 amide bonds. The van der Waals surface area contributed by atoms with E-state index in [1.807, 2.05) is 39.2 Å². The highest BCUT2D eigenvalue weighted by molar-refractivity contribution is 7.10. The summed E-state index contributed by atoms with van der Waals surface area (Å²) in [5.41, 5.74) is 49.0. The molecule has 0 aromatic carbocycles. The molecule has 10 nitrogen and oxygen atoms in total. The van der Waals surface area contributed by atoms with Crippen LogP contribution in [0.15, 0.2) is 121 Å². The van der Waals surface area contributed by atoms with Gasteiger partial charge in [0.1, 0.15) is 11.9 Å². The normalized spacial score (nSPS) is 23.0. The number of thiazole rings is 1. The molecule has 2 heterocycles. The fourth-order valence-corrected chi connectivity index (χ4v) is 7.12. The fraction of sp³-hybridized carbons (Fsp3) is 0.432. The van der Waals surface area contributed by atoms with Gasteiger partial charge >= 0.3 is 5.97 Å². The lowest BCUT2D eigenvalue weighted by molar-refractivity contribution is -0.153. The maximum absolute atomic E-state index is 13.7. The van der Waals surface area contributed by atoms with E-state index in [-0.39, 0.29) is 30.6 Å². The van der Waals surface area contributed by atoms with Gasteiger partial charge in [0.2, 0.25) is 0 Å². The summed E-state index contributed by atoms with van der Waals surface area (Å²) in [6.45, 7) is 17.7. The minimum absolute atomic E-state index is 0.00935. The predicted octanol–water partition coefficient (Wildman–Crippen LogP) is 9.27. The first-order valence-electron chi connectivity index (χ1n) is 17.6. The first-order valence-corrected chi connectivity index (χ1v) is 19.4. The predicted molar refractivity (Wildman–Crippen MR) is 226 cm³/mol. The number of carbonyl (C=O) groups is 2. The van der Waals surface area contributed by atoms with Crippen molar-refractivity contribution in [2.75, 3.05) is 0 Å². The van der Waals surface area contributed by atoms with E-state index >= 15 is 0 Å². The molecule has 1 aromatic rings. The Bertz CT molecular complexity index is 2210. The molecule has 0 bridgehead atoms. The Hall–Kier alpha value is -5.22. The summed E-state index contributed by atoms with van der Waals surface area (Å²) in [6, 6.07) is -0.809. The molecule has 9 atom stereocenters. The van der Waals surface area contributed by atoms with E-state index < -0.39 is 41.7 Å². The molecule has 0 saturated carbocycles. The molecule has 13 heteroatoms. The average molecular weight is 821 g/mol. The molecule has 294 valence electrons. The van der Waals surface area contributed by atoms with Gasteiger partial charge in [0.15, 0.2) is 0 Å². The van der Waals surface area contributed by atoms with Crippen LogP contribution in [-0.4, -0.2) is 52.3 Å². The number of aromatic nitrogens is 1. The number of Topliss-reactive ketones (excluding diaryl/α,β-unsaturated/α-hetero) is 1. The van der Waals surface area contributed by atoms with Gasteiger partial charge in [-0.05, 0) is 150 Å². The Kier molecular flexibility index (Phi) is 24.7. The minimum Gasteiger partial charge on any atom is -0.458 e. The number of hydrogen-bond acceptors (Lipinski definition) is 9. The highest BCUT2D eigenvalue weighted by atomic mass is 32.1. The second kappa shape index (κ2) is 28.2. The number of ether oxygens (including phenoxy) is 1. The van der Waals surface area contributed by atoms with Gasteiger partial charge in [0, 0.05) is 35.1 Å². The molecule has 0 radical (unpaired) electrons. The lowest BCUT2D eigenvalue weighted by Crippen LogP contribution is -2.46. The van der Waals surface area contributed by atoms with Gasteiger partial charge in [0.05, 0.1) is 46.9 Å². The standard InChI is InChI=1S/C26H42N4O6P2S.C18H4/c1-14-8-7-9-20(31)19(29-30-27)11-21(15(2)10-18-13-39-17(4)28-18)34-23(32)12-22(35-37)26(5,6)25(33)16(3)24(14)36-38;1-3-5-7-9-11-13-15-17-18-16-14-12-10-8-6-4-2/h10,13-14,16,19-22,24,31H,7-9,11-12,37-38H2,1-6H3;1-2H2/b15-10+;. The summed E-state index contributed by atoms with van der Waals surface area (Å²) in [5, 5.41) is 17.6. The molecule has 1 aliphatic rings. The number of nitrogens with zero attached hydrogens (tertiary/aromatic N) is 4. The van der Waals surface area contributed by atoms with Crippen LogP contribution in [0.2, 0.25) is 0 Å². The van der Waals surface area contributed by atoms with E-state index in [9.17, 15) is 20.2 Å². The van der Waals surface area contributed by atoms with Crippen LogP contribution in [0.4, 0.5) is 0 Å². The Balaban J connectivity index is 0.000000758. The molecular formula is C44H46N4O6P2S. The van der Waals surface area contributed by atoms with Crippen molar-refractivity contribution in [1.82, 2.24) is 4.98 Å². The Labute approximate surface area is 343 Å². The van der Waals surface area contributed by atoms with Gasteiger partial charge in [-0.25, -0.2) is 4.98 Å². The van der Waals surface area contributed by atoms with Crippen molar-refractivity contribution >= 4 is 48.1 Å². The number of azide groups is 1. The largest absolute Gasteiger partial charge is 0.458 e. The van der Waals surface area contributed by atoms with Crippen LogP contribution in [0.3, 0.4) is 0 Å². The van der Waals surface area contributed by atoms with Gasteiger partial charge < -0.3 is 18.9 Å². The quantitative estimate of drug-likeness (QED) is 0.0779. The second-order valence-corrected chi connectivity index (χ2v) is 14.7. The summed E-state index contributed by atoms with van der Waals surface area (Å²) in [7, 11) is 4.43. The zero-order valence-corrected chi connectivity index (χ0v) is 36.1. The van der Waals surface area contributed by atoms with Crippen LogP contribution in [0.25, 0.3) is 16.5 Å². The molecule has 1 fully saturated rings. The molecule has 1 aromatic heterocycles. The van der Waals surface area contributed by atoms with E-state index in [0.717, 1.165) is 10.7 Å². The molecule has 2 rings (SSSR count). The molecule has 1 saturated heterocycles. The van der Waals surface area contributed by atoms with E-state index in [2.05, 4.69) is 139 Å². The number of hydrogen-bond donors (Lipinski definition) is 1. The molecule has 57 heavy (non-hydrogen) atoms. The number of aliphatic hydroxyl groups excluding tert-OH is 1. The SMILES string of the molecule is C/C(=C\c1csc(C)n1)C1CC(N=[N+]=[N-])C(O)CCCC(C)C(OP)C(C)C(=O)C(C)(C)C(OP)CC(=O)O1.C=C=C=C=C=C=C=C=C=C=C=C=C=C=C=C=C=C. The van der Waals surface area contributed by atoms with Crippen molar-refractivity contribution in [2.24, 2.45) is 22.4 Å². The zero-order valence-electron chi connectivity index (χ0n) is 33.0. The van der Waals surface area contributed by atoms with Crippen molar-refractivity contribution in [3.63, 3.8) is 0 Å². The van der Waals surface area contributed by atoms with E-state index in [4.69, 9.17) is 13.8 Å². The summed E-state index contributed by atoms with van der Waals surface area (Å²) >= 11 is 1.50. The molecule has 9 unspecified atom stereocenters. The van der Waals surface area contributed by atoms with Gasteiger partial charge in [-0.2, -0.15) is 0 Å². The van der Waals surface area contributed by atoms with E-state index in [0.29, 0.717) is 24.8 Å². The Morgan fingerprint density at radius 2 is 1.51 bits per heavy atom. The third-order valence-corrected chi connectivity index (χ3v) is 10.1. The Morgan fingerprint density at radius 3 is 1.95 bits per heavy atom. The maximum Gasteiger partial charge on any atom is 0.309 e. The number of cyclic esters (lactones) is 1. The fourth-order valence-electron chi connectivity index (χ4n) is 5.61. The minimum atomic E-state index is -1.01. The van der Waals surface area contributed by atoms with Crippen molar-refractivity contribution in [1.29, 1.82) is 0 Å². The third-order valence-electron chi connectivity index (χ3n) is 8.62. The van der Waals surface area contributed by atoms with Crippen LogP contribution in [0.5, 0.6) is 0 Å². The number of ketones is 1. The molecule has 1 aliphatic heterocycles. The maximum atomic E-state index is 13.7. The van der Waals surface area contributed by atoms with Crippen LogP contribution >= 0.6 is 30.3 Å². The topological polar surface area (TPSA) is 144 Å². The first kappa shape index (κ1) is 49.8. The molecule has 0 spiro atoms. The lowest BCUT2D eigenvalue weighted by atomic mass is 9.73. The smallest absolute Gasteiger partial charge is 0.309 e. The zero-order chi connectivity index (χ0) is 42.6. The highest BCUT2D eigenvalue weighted by Crippen LogP contribution is 2.36. The number of aliphatic hydroxyl groups is 1. The summed E-state index contributed by atoms with van der Waals surface area (Å²) < 4.78 is 17.2. The van der Waals surface area contributed by atoms with Gasteiger partial charge in [0.25, 0.3) is 0 Å². The van der Waals surface area contributed by atoms with E-state index in [1.54, 1.807) is 13.8 Å². The summed E-state index contributed by atoms with van der Waals surface area (Å²) in [5.74, 6) is -1.12. The van der Waals surface area contributed by atoms with Crippen LogP contribution in [0.1, 0.15) is 77.4 Å². The van der Waals surface area contributed by atoms with Crippen molar-refractivity contribution in [3.05, 3.63) is 137 Å². The number of rotatable bonds is 5. The van der Waals surface area contributed by atoms with Crippen LogP contribution in [0, 0.1) is 24.2 Å². The molecule has 1 N–H and O–H groups in total. The summed E-state index contributed by atoms with van der Waals surface area (Å²) in [4.78, 5) is 34.3. The van der Waals surface area contributed by atoms with Crippen LogP contribution in [-0.2, 0) is 23.4 Å². The van der Waals surface area contributed by atoms with Gasteiger partial charge in [-0.3, -0.25) is 9.59 Å². The van der Waals surface area contributed by atoms with E-state index in [1.165, 1.54) is 11.3 Å². The number of carbonyl (C=O) groups excluding carboxylic acids is 2. The average Bonchev–Trinajstić information content (AvgIpc) is 3.59.